The molecule has 116 valence electrons. The van der Waals surface area contributed by atoms with Crippen molar-refractivity contribution in [1.29, 1.82) is 0 Å². The second kappa shape index (κ2) is 7.81. The normalized spacial score (nSPS) is 14.6. The quantitative estimate of drug-likeness (QED) is 0.811. The molecule has 2 nitrogen and oxygen atoms in total. The Labute approximate surface area is 121 Å². The first-order valence-corrected chi connectivity index (χ1v) is 6.08. The van der Waals surface area contributed by atoms with Crippen molar-refractivity contribution in [2.75, 3.05) is 0 Å². The fourth-order valence-corrected chi connectivity index (χ4v) is 1.91. The Hall–Kier alpha value is -0.850. The SMILES string of the molecule is CCCC[C@@H](O)[C@@H](N)c1c(F)cccc1C(F)(F)F.Cl. The molecule has 0 saturated carbocycles. The predicted octanol–water partition coefficient (Wildman–Crippen LogP) is 3.82. The molecule has 20 heavy (non-hydrogen) atoms. The van der Waals surface area contributed by atoms with Gasteiger partial charge < -0.3 is 10.8 Å². The van der Waals surface area contributed by atoms with Crippen molar-refractivity contribution < 1.29 is 22.7 Å². The average Bonchev–Trinajstić information content (AvgIpc) is 2.33. The van der Waals surface area contributed by atoms with Gasteiger partial charge >= 0.3 is 6.18 Å². The number of aliphatic hydroxyl groups is 1. The Kier molecular flexibility index (Phi) is 7.47. The van der Waals surface area contributed by atoms with Gasteiger partial charge in [-0.25, -0.2) is 4.39 Å². The molecule has 1 aromatic rings. The molecule has 0 heterocycles. The summed E-state index contributed by atoms with van der Waals surface area (Å²) in [5.74, 6) is -1.04. The molecular formula is C13H18ClF4NO. The lowest BCUT2D eigenvalue weighted by molar-refractivity contribution is -0.138. The second-order valence-corrected chi connectivity index (χ2v) is 4.43. The number of benzene rings is 1. The van der Waals surface area contributed by atoms with Gasteiger partial charge in [0.15, 0.2) is 0 Å². The minimum atomic E-state index is -4.69. The Bertz CT molecular complexity index is 425. The number of alkyl halides is 3. The van der Waals surface area contributed by atoms with Crippen LogP contribution >= 0.6 is 12.4 Å². The fourth-order valence-electron chi connectivity index (χ4n) is 1.91. The lowest BCUT2D eigenvalue weighted by Crippen LogP contribution is -2.29. The summed E-state index contributed by atoms with van der Waals surface area (Å²) >= 11 is 0. The summed E-state index contributed by atoms with van der Waals surface area (Å²) in [4.78, 5) is 0. The molecule has 0 amide bonds. The smallest absolute Gasteiger partial charge is 0.391 e. The third-order valence-electron chi connectivity index (χ3n) is 2.96. The van der Waals surface area contributed by atoms with E-state index in [1.54, 1.807) is 0 Å². The highest BCUT2D eigenvalue weighted by atomic mass is 35.5. The highest BCUT2D eigenvalue weighted by molar-refractivity contribution is 5.85. The molecule has 0 saturated heterocycles. The van der Waals surface area contributed by atoms with E-state index >= 15 is 0 Å². The average molecular weight is 316 g/mol. The van der Waals surface area contributed by atoms with Crippen LogP contribution in [0.3, 0.4) is 0 Å². The van der Waals surface area contributed by atoms with Gasteiger partial charge in [-0.2, -0.15) is 13.2 Å². The molecular weight excluding hydrogens is 298 g/mol. The van der Waals surface area contributed by atoms with Crippen LogP contribution < -0.4 is 5.73 Å². The molecule has 1 rings (SSSR count). The number of hydrogen-bond donors (Lipinski definition) is 2. The standard InChI is InChI=1S/C13H17F4NO.ClH/c1-2-3-7-10(19)12(18)11-8(13(15,16)17)5-4-6-9(11)14;/h4-6,10,12,19H,2-3,7,18H2,1H3;1H/t10-,12-;/m1./s1. The second-order valence-electron chi connectivity index (χ2n) is 4.43. The molecule has 3 N–H and O–H groups in total. The Balaban J connectivity index is 0.00000361. The Morgan fingerprint density at radius 3 is 2.40 bits per heavy atom. The first-order chi connectivity index (χ1) is 8.79. The van der Waals surface area contributed by atoms with Crippen LogP contribution in [0.1, 0.15) is 43.4 Å². The molecule has 0 spiro atoms. The first-order valence-electron chi connectivity index (χ1n) is 6.08. The summed E-state index contributed by atoms with van der Waals surface area (Å²) in [5, 5.41) is 9.76. The van der Waals surface area contributed by atoms with Gasteiger partial charge in [0.25, 0.3) is 0 Å². The van der Waals surface area contributed by atoms with Gasteiger partial charge in [0.05, 0.1) is 17.7 Å². The van der Waals surface area contributed by atoms with Crippen molar-refractivity contribution >= 4 is 12.4 Å². The van der Waals surface area contributed by atoms with Gasteiger partial charge in [-0.1, -0.05) is 25.8 Å². The summed E-state index contributed by atoms with van der Waals surface area (Å²) in [6.45, 7) is 1.88. The monoisotopic (exact) mass is 315 g/mol. The fraction of sp³-hybridized carbons (Fsp3) is 0.538. The molecule has 0 aliphatic carbocycles. The maximum atomic E-state index is 13.6. The highest BCUT2D eigenvalue weighted by Crippen LogP contribution is 2.36. The summed E-state index contributed by atoms with van der Waals surface area (Å²) in [7, 11) is 0. The van der Waals surface area contributed by atoms with Crippen LogP contribution in [0, 0.1) is 5.82 Å². The van der Waals surface area contributed by atoms with Gasteiger partial charge in [0.2, 0.25) is 0 Å². The van der Waals surface area contributed by atoms with Crippen LogP contribution in [0.5, 0.6) is 0 Å². The van der Waals surface area contributed by atoms with E-state index in [4.69, 9.17) is 5.73 Å². The molecule has 0 unspecified atom stereocenters. The molecule has 0 aliphatic rings. The molecule has 0 aromatic heterocycles. The van der Waals surface area contributed by atoms with E-state index in [1.807, 2.05) is 6.92 Å². The lowest BCUT2D eigenvalue weighted by atomic mass is 9.93. The molecule has 1 aromatic carbocycles. The van der Waals surface area contributed by atoms with Crippen molar-refractivity contribution in [2.45, 2.75) is 44.5 Å². The highest BCUT2D eigenvalue weighted by Gasteiger charge is 2.37. The van der Waals surface area contributed by atoms with Crippen molar-refractivity contribution in [3.63, 3.8) is 0 Å². The lowest BCUT2D eigenvalue weighted by Gasteiger charge is -2.23. The van der Waals surface area contributed by atoms with Crippen molar-refractivity contribution in [3.8, 4) is 0 Å². The zero-order valence-electron chi connectivity index (χ0n) is 11.0. The number of rotatable bonds is 5. The molecule has 0 aliphatic heterocycles. The molecule has 0 bridgehead atoms. The van der Waals surface area contributed by atoms with Crippen LogP contribution in [-0.4, -0.2) is 11.2 Å². The van der Waals surface area contributed by atoms with Crippen molar-refractivity contribution in [2.24, 2.45) is 5.73 Å². The minimum absolute atomic E-state index is 0. The maximum Gasteiger partial charge on any atom is 0.416 e. The van der Waals surface area contributed by atoms with E-state index < -0.39 is 35.3 Å². The van der Waals surface area contributed by atoms with Crippen LogP contribution in [0.15, 0.2) is 18.2 Å². The first kappa shape index (κ1) is 19.1. The molecule has 7 heteroatoms. The van der Waals surface area contributed by atoms with Crippen molar-refractivity contribution in [3.05, 3.63) is 35.1 Å². The van der Waals surface area contributed by atoms with Gasteiger partial charge in [-0.3, -0.25) is 0 Å². The zero-order valence-corrected chi connectivity index (χ0v) is 11.8. The van der Waals surface area contributed by atoms with Gasteiger partial charge in [-0.15, -0.1) is 12.4 Å². The zero-order chi connectivity index (χ0) is 14.6. The number of aliphatic hydroxyl groups excluding tert-OH is 1. The van der Waals surface area contributed by atoms with Gasteiger partial charge in [0.1, 0.15) is 5.82 Å². The summed E-state index contributed by atoms with van der Waals surface area (Å²) < 4.78 is 52.0. The van der Waals surface area contributed by atoms with Gasteiger partial charge in [0, 0.05) is 5.56 Å². The summed E-state index contributed by atoms with van der Waals surface area (Å²) in [6.07, 6.45) is -4.27. The Morgan fingerprint density at radius 2 is 1.90 bits per heavy atom. The van der Waals surface area contributed by atoms with Gasteiger partial charge in [-0.05, 0) is 18.6 Å². The third kappa shape index (κ3) is 4.61. The Morgan fingerprint density at radius 1 is 1.30 bits per heavy atom. The largest absolute Gasteiger partial charge is 0.416 e. The maximum absolute atomic E-state index is 13.6. The van der Waals surface area contributed by atoms with Crippen LogP contribution in [-0.2, 0) is 6.18 Å². The van der Waals surface area contributed by atoms with Crippen molar-refractivity contribution in [1.82, 2.24) is 0 Å². The summed E-state index contributed by atoms with van der Waals surface area (Å²) in [6, 6.07) is 1.28. The van der Waals surface area contributed by atoms with E-state index in [2.05, 4.69) is 0 Å². The van der Waals surface area contributed by atoms with Crippen LogP contribution in [0.4, 0.5) is 17.6 Å². The molecule has 0 fully saturated rings. The van der Waals surface area contributed by atoms with E-state index in [0.717, 1.165) is 24.6 Å². The topological polar surface area (TPSA) is 46.2 Å². The van der Waals surface area contributed by atoms with E-state index in [9.17, 15) is 22.7 Å². The number of halogens is 5. The molecule has 2 atom stereocenters. The summed E-state index contributed by atoms with van der Waals surface area (Å²) in [5.41, 5.74) is 3.79. The van der Waals surface area contributed by atoms with E-state index in [-0.39, 0.29) is 18.8 Å². The number of unbranched alkanes of at least 4 members (excludes halogenated alkanes) is 1. The number of nitrogens with two attached hydrogens (primary N) is 1. The number of hydrogen-bond acceptors (Lipinski definition) is 2. The predicted molar refractivity (Wildman–Crippen MR) is 71.1 cm³/mol. The van der Waals surface area contributed by atoms with Crippen LogP contribution in [0.2, 0.25) is 0 Å². The minimum Gasteiger partial charge on any atom is -0.391 e. The molecule has 0 radical (unpaired) electrons. The third-order valence-corrected chi connectivity index (χ3v) is 2.96. The van der Waals surface area contributed by atoms with Crippen LogP contribution in [0.25, 0.3) is 0 Å². The van der Waals surface area contributed by atoms with E-state index in [1.165, 1.54) is 0 Å². The van der Waals surface area contributed by atoms with E-state index in [0.29, 0.717) is 6.42 Å².